The number of hydrogen-bond acceptors (Lipinski definition) is 11. The zero-order chi connectivity index (χ0) is 34.2. The van der Waals surface area contributed by atoms with Gasteiger partial charge < -0.3 is 39.0 Å². The minimum absolute atomic E-state index is 0.0245. The summed E-state index contributed by atoms with van der Waals surface area (Å²) in [6.45, 7) is 3.42. The lowest BCUT2D eigenvalue weighted by atomic mass is 10.1. The van der Waals surface area contributed by atoms with Crippen LogP contribution in [0.15, 0.2) is 72.8 Å². The van der Waals surface area contributed by atoms with Gasteiger partial charge in [-0.15, -0.1) is 0 Å². The van der Waals surface area contributed by atoms with Crippen LogP contribution < -0.4 is 19.7 Å². The van der Waals surface area contributed by atoms with E-state index >= 15 is 0 Å². The molecule has 4 aromatic rings. The largest absolute Gasteiger partial charge is 0.497 e. The molecule has 3 heterocycles. The van der Waals surface area contributed by atoms with E-state index in [-0.39, 0.29) is 37.4 Å². The molecule has 2 aliphatic heterocycles. The Labute approximate surface area is 284 Å². The lowest BCUT2D eigenvalue weighted by molar-refractivity contribution is -0.0417. The van der Waals surface area contributed by atoms with Crippen molar-refractivity contribution in [2.45, 2.75) is 25.2 Å². The van der Waals surface area contributed by atoms with E-state index in [2.05, 4.69) is 26.3 Å². The van der Waals surface area contributed by atoms with Gasteiger partial charge in [0.2, 0.25) is 0 Å². The number of nitriles is 1. The number of nitrogens with one attached hydrogen (secondary N) is 1. The zero-order valence-corrected chi connectivity index (χ0v) is 27.6. The average molecular weight is 666 g/mol. The van der Waals surface area contributed by atoms with Gasteiger partial charge in [-0.1, -0.05) is 54.6 Å². The van der Waals surface area contributed by atoms with Gasteiger partial charge in [0.25, 0.3) is 5.91 Å². The molecule has 0 aliphatic carbocycles. The van der Waals surface area contributed by atoms with Gasteiger partial charge in [-0.25, -0.2) is 4.79 Å². The van der Waals surface area contributed by atoms with Crippen molar-refractivity contribution in [1.29, 1.82) is 5.26 Å². The maximum atomic E-state index is 13.8. The van der Waals surface area contributed by atoms with Crippen LogP contribution in [0, 0.1) is 11.3 Å². The number of amides is 2. The van der Waals surface area contributed by atoms with Gasteiger partial charge in [0.1, 0.15) is 36.6 Å². The maximum Gasteiger partial charge on any atom is 0.410 e. The number of piperazine rings is 1. The van der Waals surface area contributed by atoms with Gasteiger partial charge in [-0.3, -0.25) is 4.79 Å². The van der Waals surface area contributed by atoms with Crippen LogP contribution in [-0.4, -0.2) is 104 Å². The Bertz CT molecular complexity index is 1820. The molecule has 0 bridgehead atoms. The van der Waals surface area contributed by atoms with Crippen molar-refractivity contribution in [3.8, 4) is 17.8 Å². The van der Waals surface area contributed by atoms with E-state index in [1.807, 2.05) is 72.6 Å². The number of aromatic nitrogens is 2. The molecular weight excluding hydrogens is 626 g/mol. The number of carbonyl (C=O) groups excluding carboxylic acids is 2. The second-order valence-electron chi connectivity index (χ2n) is 12.0. The van der Waals surface area contributed by atoms with Crippen molar-refractivity contribution < 1.29 is 28.5 Å². The fourth-order valence-corrected chi connectivity index (χ4v) is 5.97. The Balaban J connectivity index is 1.24. The monoisotopic (exact) mass is 665 g/mol. The standard InChI is InChI=1S/C36H39N7O6/c1-41-16-17-47-29(22-41)24-48-35-39-32(34(44)38-31-19-28(46-2)18-26-10-6-7-11-30(26)31)20-33(40-35)42-14-15-43(27(21-42)12-13-37)36(45)49-23-25-8-4-3-5-9-25/h3-11,18-20,27,29H,12,14-17,21-24H2,1-2H3,(H,38,44)/t27-,29+/m0/s1. The summed E-state index contributed by atoms with van der Waals surface area (Å²) >= 11 is 0. The van der Waals surface area contributed by atoms with Crippen molar-refractivity contribution in [3.05, 3.63) is 84.1 Å². The summed E-state index contributed by atoms with van der Waals surface area (Å²) < 4.78 is 23.0. The first-order valence-corrected chi connectivity index (χ1v) is 16.2. The second kappa shape index (κ2) is 15.6. The molecule has 254 valence electrons. The normalized spacial score (nSPS) is 18.1. The van der Waals surface area contributed by atoms with Gasteiger partial charge in [0, 0.05) is 50.2 Å². The fraction of sp³-hybridized carbons (Fsp3) is 0.361. The van der Waals surface area contributed by atoms with E-state index in [4.69, 9.17) is 18.9 Å². The number of nitrogens with zero attached hydrogens (tertiary/aromatic N) is 6. The van der Waals surface area contributed by atoms with Crippen LogP contribution >= 0.6 is 0 Å². The molecule has 1 aromatic heterocycles. The predicted molar refractivity (Wildman–Crippen MR) is 183 cm³/mol. The highest BCUT2D eigenvalue weighted by molar-refractivity contribution is 6.09. The second-order valence-corrected chi connectivity index (χ2v) is 12.0. The molecule has 0 spiro atoms. The average Bonchev–Trinajstić information content (AvgIpc) is 3.13. The van der Waals surface area contributed by atoms with Crippen molar-refractivity contribution in [1.82, 2.24) is 19.8 Å². The third kappa shape index (κ3) is 8.35. The zero-order valence-electron chi connectivity index (χ0n) is 27.6. The Kier molecular flexibility index (Phi) is 10.7. The van der Waals surface area contributed by atoms with Crippen molar-refractivity contribution in [2.24, 2.45) is 0 Å². The van der Waals surface area contributed by atoms with E-state index in [0.29, 0.717) is 50.0 Å². The summed E-state index contributed by atoms with van der Waals surface area (Å²) in [5.74, 6) is 0.576. The van der Waals surface area contributed by atoms with Crippen molar-refractivity contribution >= 4 is 34.3 Å². The number of methoxy groups -OCH3 is 1. The molecular formula is C36H39N7O6. The van der Waals surface area contributed by atoms with Crippen molar-refractivity contribution in [2.75, 3.05) is 70.3 Å². The smallest absolute Gasteiger partial charge is 0.410 e. The number of fused-ring (bicyclic) bond motifs is 1. The number of ether oxygens (including phenoxy) is 4. The summed E-state index contributed by atoms with van der Waals surface area (Å²) in [7, 11) is 3.60. The third-order valence-corrected chi connectivity index (χ3v) is 8.56. The number of carbonyl (C=O) groups is 2. The van der Waals surface area contributed by atoms with Crippen LogP contribution in [-0.2, 0) is 16.1 Å². The summed E-state index contributed by atoms with van der Waals surface area (Å²) in [6.07, 6.45) is -0.580. The molecule has 13 nitrogen and oxygen atoms in total. The molecule has 2 fully saturated rings. The highest BCUT2D eigenvalue weighted by Crippen LogP contribution is 2.30. The predicted octanol–water partition coefficient (Wildman–Crippen LogP) is 4.34. The van der Waals surface area contributed by atoms with Gasteiger partial charge in [0.15, 0.2) is 0 Å². The minimum atomic E-state index is -0.488. The minimum Gasteiger partial charge on any atom is -0.497 e. The molecule has 2 atom stereocenters. The van der Waals surface area contributed by atoms with E-state index in [9.17, 15) is 14.9 Å². The Morgan fingerprint density at radius 2 is 1.84 bits per heavy atom. The van der Waals surface area contributed by atoms with Gasteiger partial charge in [-0.2, -0.15) is 15.2 Å². The molecule has 0 unspecified atom stereocenters. The molecule has 13 heteroatoms. The van der Waals surface area contributed by atoms with Gasteiger partial charge in [-0.05, 0) is 24.1 Å². The van der Waals surface area contributed by atoms with Gasteiger partial charge in [0.05, 0.1) is 37.9 Å². The summed E-state index contributed by atoms with van der Waals surface area (Å²) in [4.78, 5) is 41.8. The Hall–Kier alpha value is -5.45. The quantitative estimate of drug-likeness (QED) is 0.259. The number of anilines is 2. The first kappa shape index (κ1) is 33.5. The highest BCUT2D eigenvalue weighted by atomic mass is 16.6. The summed E-state index contributed by atoms with van der Waals surface area (Å²) in [5.41, 5.74) is 1.53. The highest BCUT2D eigenvalue weighted by Gasteiger charge is 2.33. The SMILES string of the molecule is COc1cc(NC(=O)c2cc(N3CCN(C(=O)OCc4ccccc4)[C@@H](CC#N)C3)nc(OC[C@H]3CN(C)CCO3)n2)c2ccccc2c1. The van der Waals surface area contributed by atoms with Crippen LogP contribution in [0.1, 0.15) is 22.5 Å². The van der Waals surface area contributed by atoms with Crippen molar-refractivity contribution in [3.63, 3.8) is 0 Å². The Morgan fingerprint density at radius 3 is 2.63 bits per heavy atom. The third-order valence-electron chi connectivity index (χ3n) is 8.56. The fourth-order valence-electron chi connectivity index (χ4n) is 5.97. The number of benzene rings is 3. The van der Waals surface area contributed by atoms with Crippen LogP contribution in [0.25, 0.3) is 10.8 Å². The molecule has 0 radical (unpaired) electrons. The van der Waals surface area contributed by atoms with Gasteiger partial charge >= 0.3 is 12.1 Å². The van der Waals surface area contributed by atoms with E-state index in [0.717, 1.165) is 22.9 Å². The molecule has 2 amide bonds. The number of rotatable bonds is 10. The number of hydrogen-bond donors (Lipinski definition) is 1. The van der Waals surface area contributed by atoms with E-state index in [1.54, 1.807) is 24.1 Å². The first-order valence-electron chi connectivity index (χ1n) is 16.2. The number of likely N-dealkylation sites (N-methyl/N-ethyl adjacent to an activating group) is 1. The molecule has 2 aliphatic rings. The summed E-state index contributed by atoms with van der Waals surface area (Å²) in [6, 6.07) is 24.1. The van der Waals surface area contributed by atoms with E-state index in [1.165, 1.54) is 0 Å². The topological polar surface area (TPSA) is 142 Å². The lowest BCUT2D eigenvalue weighted by Crippen LogP contribution is -2.55. The number of morpholine rings is 1. The van der Waals surface area contributed by atoms with Crippen LogP contribution in [0.5, 0.6) is 11.8 Å². The van der Waals surface area contributed by atoms with E-state index < -0.39 is 18.0 Å². The van der Waals surface area contributed by atoms with Crippen LogP contribution in [0.2, 0.25) is 0 Å². The molecule has 2 saturated heterocycles. The first-order chi connectivity index (χ1) is 23.9. The molecule has 1 N–H and O–H groups in total. The van der Waals surface area contributed by atoms with Crippen LogP contribution in [0.3, 0.4) is 0 Å². The van der Waals surface area contributed by atoms with Crippen LogP contribution in [0.4, 0.5) is 16.3 Å². The Morgan fingerprint density at radius 1 is 1.02 bits per heavy atom. The molecule has 6 rings (SSSR count). The molecule has 49 heavy (non-hydrogen) atoms. The molecule has 0 saturated carbocycles. The maximum absolute atomic E-state index is 13.8. The lowest BCUT2D eigenvalue weighted by Gasteiger charge is -2.40. The summed E-state index contributed by atoms with van der Waals surface area (Å²) in [5, 5.41) is 14.4. The molecule has 3 aromatic carbocycles.